The van der Waals surface area contributed by atoms with E-state index in [-0.39, 0.29) is 17.7 Å². The normalized spacial score (nSPS) is 15.0. The summed E-state index contributed by atoms with van der Waals surface area (Å²) in [4.78, 5) is 36.9. The molecule has 0 aliphatic carbocycles. The van der Waals surface area contributed by atoms with E-state index in [4.69, 9.17) is 19.2 Å². The van der Waals surface area contributed by atoms with Gasteiger partial charge in [-0.2, -0.15) is 0 Å². The molecular formula is C33H29N3O5S. The van der Waals surface area contributed by atoms with Gasteiger partial charge in [0.25, 0.3) is 5.56 Å². The molecule has 2 aromatic heterocycles. The molecule has 6 rings (SSSR count). The number of methoxy groups -OCH3 is 2. The Kier molecular flexibility index (Phi) is 7.26. The number of nitrogens with zero attached hydrogens (tertiary/aromatic N) is 2. The van der Waals surface area contributed by atoms with Crippen LogP contribution < -0.4 is 24.4 Å². The molecule has 3 aromatic carbocycles. The lowest BCUT2D eigenvalue weighted by Crippen LogP contribution is -2.40. The van der Waals surface area contributed by atoms with Crippen molar-refractivity contribution in [3.63, 3.8) is 0 Å². The number of para-hydroxylation sites is 1. The lowest BCUT2D eigenvalue weighted by atomic mass is 9.92. The number of nitrogens with one attached hydrogen (secondary N) is 1. The van der Waals surface area contributed by atoms with Crippen LogP contribution in [0.4, 0.5) is 0 Å². The summed E-state index contributed by atoms with van der Waals surface area (Å²) < 4.78 is 18.9. The predicted molar refractivity (Wildman–Crippen MR) is 164 cm³/mol. The molecule has 5 aromatic rings. The average Bonchev–Trinajstić information content (AvgIpc) is 3.51. The lowest BCUT2D eigenvalue weighted by Gasteiger charge is -2.27. The first-order chi connectivity index (χ1) is 20.4. The molecule has 0 bridgehead atoms. The highest BCUT2D eigenvalue weighted by molar-refractivity contribution is 7.07. The van der Waals surface area contributed by atoms with Crippen molar-refractivity contribution in [1.82, 2.24) is 9.55 Å². The van der Waals surface area contributed by atoms with E-state index >= 15 is 0 Å². The molecule has 9 heteroatoms. The Hall–Kier alpha value is -4.89. The maximum Gasteiger partial charge on any atom is 0.338 e. The maximum atomic E-state index is 14.3. The molecule has 8 nitrogen and oxygen atoms in total. The van der Waals surface area contributed by atoms with Crippen molar-refractivity contribution < 1.29 is 19.0 Å². The van der Waals surface area contributed by atoms with Crippen molar-refractivity contribution in [2.24, 2.45) is 4.99 Å². The zero-order chi connectivity index (χ0) is 29.4. The first kappa shape index (κ1) is 27.3. The van der Waals surface area contributed by atoms with Crippen LogP contribution in [-0.4, -0.2) is 36.3 Å². The van der Waals surface area contributed by atoms with Crippen LogP contribution in [0.2, 0.25) is 0 Å². The molecule has 0 saturated carbocycles. The predicted octanol–water partition coefficient (Wildman–Crippen LogP) is 4.74. The molecule has 0 fully saturated rings. The van der Waals surface area contributed by atoms with Gasteiger partial charge in [0.1, 0.15) is 17.5 Å². The number of carbonyl (C=O) groups is 1. The molecule has 0 spiro atoms. The average molecular weight is 580 g/mol. The van der Waals surface area contributed by atoms with Gasteiger partial charge in [0, 0.05) is 33.3 Å². The highest BCUT2D eigenvalue weighted by Crippen LogP contribution is 2.40. The molecule has 1 atom stereocenters. The van der Waals surface area contributed by atoms with Gasteiger partial charge in [-0.25, -0.2) is 9.79 Å². The highest BCUT2D eigenvalue weighted by atomic mass is 32.1. The number of H-pyrrole nitrogens is 1. The molecule has 42 heavy (non-hydrogen) atoms. The molecule has 0 radical (unpaired) electrons. The molecular weight excluding hydrogens is 550 g/mol. The molecule has 0 amide bonds. The Morgan fingerprint density at radius 2 is 1.81 bits per heavy atom. The van der Waals surface area contributed by atoms with E-state index < -0.39 is 12.0 Å². The number of ether oxygens (including phenoxy) is 3. The number of hydrogen-bond acceptors (Lipinski definition) is 7. The first-order valence-corrected chi connectivity index (χ1v) is 14.3. The number of carbonyl (C=O) groups excluding carboxylic acids is 1. The lowest BCUT2D eigenvalue weighted by molar-refractivity contribution is -0.138. The van der Waals surface area contributed by atoms with Gasteiger partial charge >= 0.3 is 5.97 Å². The van der Waals surface area contributed by atoms with Crippen molar-refractivity contribution in [2.75, 3.05) is 20.8 Å². The number of fused-ring (bicyclic) bond motifs is 2. The van der Waals surface area contributed by atoms with Crippen LogP contribution in [0.1, 0.15) is 35.3 Å². The van der Waals surface area contributed by atoms with Gasteiger partial charge < -0.3 is 19.2 Å². The maximum absolute atomic E-state index is 14.3. The van der Waals surface area contributed by atoms with Crippen LogP contribution in [0.5, 0.6) is 11.5 Å². The SMILES string of the molecule is CCOC(=O)C1=C(c2ccccc2)N=c2s/c(=C\c3c(C)[nH]c4ccccc34)c(=O)n2C1c1cc(OC)ccc1OC. The molecule has 212 valence electrons. The summed E-state index contributed by atoms with van der Waals surface area (Å²) in [5.74, 6) is 0.500. The highest BCUT2D eigenvalue weighted by Gasteiger charge is 2.37. The van der Waals surface area contributed by atoms with Crippen LogP contribution in [0.15, 0.2) is 88.2 Å². The second kappa shape index (κ2) is 11.2. The molecule has 1 unspecified atom stereocenters. The number of aromatic nitrogens is 2. The molecule has 3 heterocycles. The molecule has 0 saturated heterocycles. The van der Waals surface area contributed by atoms with E-state index in [1.807, 2.05) is 67.6 Å². The number of aromatic amines is 1. The van der Waals surface area contributed by atoms with Crippen LogP contribution in [0.3, 0.4) is 0 Å². The third-order valence-electron chi connectivity index (χ3n) is 7.32. The second-order valence-electron chi connectivity index (χ2n) is 9.75. The summed E-state index contributed by atoms with van der Waals surface area (Å²) in [5, 5.41) is 1.02. The summed E-state index contributed by atoms with van der Waals surface area (Å²) in [6.45, 7) is 3.90. The van der Waals surface area contributed by atoms with Gasteiger partial charge in [-0.1, -0.05) is 59.9 Å². The van der Waals surface area contributed by atoms with Crippen molar-refractivity contribution in [1.29, 1.82) is 0 Å². The summed E-state index contributed by atoms with van der Waals surface area (Å²) >= 11 is 1.28. The van der Waals surface area contributed by atoms with E-state index in [0.717, 1.165) is 27.7 Å². The summed E-state index contributed by atoms with van der Waals surface area (Å²) in [6, 6.07) is 21.9. The largest absolute Gasteiger partial charge is 0.497 e. The minimum absolute atomic E-state index is 0.163. The topological polar surface area (TPSA) is 94.9 Å². The van der Waals surface area contributed by atoms with Gasteiger partial charge in [-0.15, -0.1) is 0 Å². The third kappa shape index (κ3) is 4.61. The fraction of sp³-hybridized carbons (Fsp3) is 0.182. The van der Waals surface area contributed by atoms with Gasteiger partial charge in [-0.05, 0) is 44.2 Å². The number of aryl methyl sites for hydroxylation is 1. The molecule has 1 N–H and O–H groups in total. The Morgan fingerprint density at radius 3 is 2.55 bits per heavy atom. The number of esters is 1. The Morgan fingerprint density at radius 1 is 1.05 bits per heavy atom. The summed E-state index contributed by atoms with van der Waals surface area (Å²) in [5.41, 5.74) is 4.61. The Balaban J connectivity index is 1.71. The standard InChI is InChI=1S/C33H29N3O5S/c1-5-41-32(38)28-29(20-11-7-6-8-12-20)35-33-36(30(28)24-17-21(39-3)15-16-26(24)40-4)31(37)27(42-33)18-23-19(2)34-25-14-10-9-13-22(23)25/h6-18,30,34H,5H2,1-4H3/b27-18-. The van der Waals surface area contributed by atoms with Crippen LogP contribution in [0.25, 0.3) is 22.7 Å². The minimum Gasteiger partial charge on any atom is -0.497 e. The van der Waals surface area contributed by atoms with E-state index in [1.54, 1.807) is 43.9 Å². The molecule has 1 aliphatic heterocycles. The van der Waals surface area contributed by atoms with Crippen LogP contribution in [-0.2, 0) is 9.53 Å². The second-order valence-corrected chi connectivity index (χ2v) is 10.8. The number of thiazole rings is 1. The van der Waals surface area contributed by atoms with E-state index in [1.165, 1.54) is 11.3 Å². The third-order valence-corrected chi connectivity index (χ3v) is 8.31. The monoisotopic (exact) mass is 579 g/mol. The van der Waals surface area contributed by atoms with Crippen molar-refractivity contribution in [3.8, 4) is 11.5 Å². The van der Waals surface area contributed by atoms with Gasteiger partial charge in [-0.3, -0.25) is 9.36 Å². The first-order valence-electron chi connectivity index (χ1n) is 13.5. The van der Waals surface area contributed by atoms with E-state index in [0.29, 0.717) is 32.1 Å². The Labute approximate surface area is 245 Å². The van der Waals surface area contributed by atoms with Gasteiger partial charge in [0.2, 0.25) is 0 Å². The summed E-state index contributed by atoms with van der Waals surface area (Å²) in [6.07, 6.45) is 1.90. The fourth-order valence-corrected chi connectivity index (χ4v) is 6.39. The fourth-order valence-electron chi connectivity index (χ4n) is 5.40. The quantitative estimate of drug-likeness (QED) is 0.281. The van der Waals surface area contributed by atoms with Crippen LogP contribution in [0, 0.1) is 6.92 Å². The number of rotatable bonds is 7. The zero-order valence-electron chi connectivity index (χ0n) is 23.6. The van der Waals surface area contributed by atoms with Crippen molar-refractivity contribution in [3.05, 3.63) is 120 Å². The van der Waals surface area contributed by atoms with Crippen molar-refractivity contribution in [2.45, 2.75) is 19.9 Å². The number of benzene rings is 3. The summed E-state index contributed by atoms with van der Waals surface area (Å²) in [7, 11) is 3.12. The van der Waals surface area contributed by atoms with Crippen LogP contribution >= 0.6 is 11.3 Å². The van der Waals surface area contributed by atoms with Gasteiger partial charge in [0.15, 0.2) is 4.80 Å². The van der Waals surface area contributed by atoms with Crippen molar-refractivity contribution >= 4 is 40.0 Å². The Bertz CT molecular complexity index is 2040. The van der Waals surface area contributed by atoms with E-state index in [9.17, 15) is 9.59 Å². The zero-order valence-corrected chi connectivity index (χ0v) is 24.5. The minimum atomic E-state index is -0.883. The smallest absolute Gasteiger partial charge is 0.338 e. The molecule has 1 aliphatic rings. The number of hydrogen-bond donors (Lipinski definition) is 1. The van der Waals surface area contributed by atoms with E-state index in [2.05, 4.69) is 4.98 Å². The van der Waals surface area contributed by atoms with Gasteiger partial charge in [0.05, 0.1) is 36.6 Å².